The second kappa shape index (κ2) is 9.86. The third-order valence-electron chi connectivity index (χ3n) is 4.85. The number of aromatic nitrogens is 1. The zero-order chi connectivity index (χ0) is 22.4. The molecule has 9 heteroatoms. The molecule has 0 saturated heterocycles. The van der Waals surface area contributed by atoms with Crippen molar-refractivity contribution in [1.29, 1.82) is 0 Å². The number of carbonyl (C=O) groups is 2. The number of rotatable bonds is 7. The molecule has 3 amide bonds. The van der Waals surface area contributed by atoms with Gasteiger partial charge in [-0.15, -0.1) is 0 Å². The summed E-state index contributed by atoms with van der Waals surface area (Å²) < 4.78 is 14.9. The molecule has 1 heterocycles. The quantitative estimate of drug-likeness (QED) is 0.372. The predicted molar refractivity (Wildman–Crippen MR) is 117 cm³/mol. The smallest absolute Gasteiger partial charge is 0.314 e. The molecule has 0 radical (unpaired) electrons. The van der Waals surface area contributed by atoms with Gasteiger partial charge in [-0.2, -0.15) is 0 Å². The average molecular weight is 425 g/mol. The Labute approximate surface area is 178 Å². The molecule has 1 atom stereocenters. The van der Waals surface area contributed by atoms with Gasteiger partial charge in [0.2, 0.25) is 0 Å². The maximum Gasteiger partial charge on any atom is 0.314 e. The molecule has 3 aromatic rings. The number of amides is 3. The number of nitrogen functional groups attached to an aromatic ring is 1. The molecule has 1 unspecified atom stereocenters. The topological polar surface area (TPSA) is 129 Å². The molecule has 8 nitrogen and oxygen atoms in total. The SMILES string of the molecule is CCNC(=O)NCC(CO)c1c(NC(=O)c2cncc3ccccc23)ccc(N)c1F. The third kappa shape index (κ3) is 4.89. The first-order valence-electron chi connectivity index (χ1n) is 9.80. The van der Waals surface area contributed by atoms with Crippen LogP contribution >= 0.6 is 0 Å². The summed E-state index contributed by atoms with van der Waals surface area (Å²) in [6.07, 6.45) is 3.08. The molecule has 6 N–H and O–H groups in total. The van der Waals surface area contributed by atoms with Crippen LogP contribution in [0.3, 0.4) is 0 Å². The van der Waals surface area contributed by atoms with E-state index >= 15 is 0 Å². The first-order valence-corrected chi connectivity index (χ1v) is 9.80. The summed E-state index contributed by atoms with van der Waals surface area (Å²) in [6, 6.07) is 9.64. The summed E-state index contributed by atoms with van der Waals surface area (Å²) in [4.78, 5) is 28.8. The Kier molecular flexibility index (Phi) is 6.99. The Morgan fingerprint density at radius 1 is 1.16 bits per heavy atom. The number of anilines is 2. The summed E-state index contributed by atoms with van der Waals surface area (Å²) in [7, 11) is 0. The van der Waals surface area contributed by atoms with Gasteiger partial charge in [-0.05, 0) is 24.4 Å². The van der Waals surface area contributed by atoms with E-state index in [0.29, 0.717) is 17.5 Å². The van der Waals surface area contributed by atoms with E-state index in [1.165, 1.54) is 18.3 Å². The van der Waals surface area contributed by atoms with Gasteiger partial charge in [-0.3, -0.25) is 9.78 Å². The molecule has 3 rings (SSSR count). The Morgan fingerprint density at radius 3 is 2.68 bits per heavy atom. The van der Waals surface area contributed by atoms with Crippen molar-refractivity contribution in [2.45, 2.75) is 12.8 Å². The van der Waals surface area contributed by atoms with E-state index in [1.54, 1.807) is 19.2 Å². The number of pyridine rings is 1. The first kappa shape index (κ1) is 22.0. The van der Waals surface area contributed by atoms with Crippen LogP contribution in [0.25, 0.3) is 10.8 Å². The van der Waals surface area contributed by atoms with E-state index in [9.17, 15) is 19.1 Å². The molecule has 0 bridgehead atoms. The summed E-state index contributed by atoms with van der Waals surface area (Å²) in [6.45, 7) is 1.66. The molecule has 0 spiro atoms. The fourth-order valence-electron chi connectivity index (χ4n) is 3.30. The van der Waals surface area contributed by atoms with Crippen molar-refractivity contribution in [2.75, 3.05) is 30.7 Å². The Morgan fingerprint density at radius 2 is 1.94 bits per heavy atom. The number of benzene rings is 2. The van der Waals surface area contributed by atoms with Crippen LogP contribution in [-0.2, 0) is 0 Å². The Hall–Kier alpha value is -3.72. The number of carbonyl (C=O) groups excluding carboxylic acids is 2. The van der Waals surface area contributed by atoms with Crippen molar-refractivity contribution >= 4 is 34.1 Å². The number of aliphatic hydroxyl groups excluding tert-OH is 1. The van der Waals surface area contributed by atoms with Crippen molar-refractivity contribution in [2.24, 2.45) is 0 Å². The molecule has 31 heavy (non-hydrogen) atoms. The highest BCUT2D eigenvalue weighted by atomic mass is 19.1. The van der Waals surface area contributed by atoms with Crippen molar-refractivity contribution in [3.8, 4) is 0 Å². The van der Waals surface area contributed by atoms with Crippen LogP contribution < -0.4 is 21.7 Å². The fraction of sp³-hybridized carbons (Fsp3) is 0.227. The minimum absolute atomic E-state index is 0.0147. The summed E-state index contributed by atoms with van der Waals surface area (Å²) >= 11 is 0. The van der Waals surface area contributed by atoms with Gasteiger partial charge in [0.05, 0.1) is 17.9 Å². The molecule has 2 aromatic carbocycles. The van der Waals surface area contributed by atoms with Crippen LogP contribution in [0.1, 0.15) is 28.8 Å². The normalized spacial score (nSPS) is 11.7. The summed E-state index contributed by atoms with van der Waals surface area (Å²) in [5, 5.41) is 19.2. The minimum atomic E-state index is -0.827. The molecule has 0 aliphatic rings. The highest BCUT2D eigenvalue weighted by Gasteiger charge is 2.23. The highest BCUT2D eigenvalue weighted by molar-refractivity contribution is 6.12. The predicted octanol–water partition coefficient (Wildman–Crippen LogP) is 2.60. The number of nitrogens with two attached hydrogens (primary N) is 1. The van der Waals surface area contributed by atoms with Gasteiger partial charge in [0.15, 0.2) is 5.82 Å². The largest absolute Gasteiger partial charge is 0.396 e. The van der Waals surface area contributed by atoms with Gasteiger partial charge in [-0.25, -0.2) is 9.18 Å². The number of nitrogens with one attached hydrogen (secondary N) is 3. The standard InChI is InChI=1S/C22H24FN5O3/c1-2-26-22(31)27-10-14(12-29)19-18(8-7-17(24)20(19)23)28-21(30)16-11-25-9-13-5-3-4-6-15(13)16/h3-9,11,14,29H,2,10,12,24H2,1H3,(H,28,30)(H2,26,27,31). The van der Waals surface area contributed by atoms with Crippen LogP contribution in [0.2, 0.25) is 0 Å². The second-order valence-corrected chi connectivity index (χ2v) is 6.91. The summed E-state index contributed by atoms with van der Waals surface area (Å²) in [5.41, 5.74) is 6.08. The minimum Gasteiger partial charge on any atom is -0.396 e. The van der Waals surface area contributed by atoms with Crippen LogP contribution in [0.5, 0.6) is 0 Å². The van der Waals surface area contributed by atoms with Crippen LogP contribution in [-0.4, -0.2) is 41.7 Å². The van der Waals surface area contributed by atoms with Gasteiger partial charge in [0.1, 0.15) is 0 Å². The zero-order valence-corrected chi connectivity index (χ0v) is 17.0. The molecule has 1 aromatic heterocycles. The number of nitrogens with zero attached hydrogens (tertiary/aromatic N) is 1. The van der Waals surface area contributed by atoms with E-state index in [4.69, 9.17) is 5.73 Å². The van der Waals surface area contributed by atoms with Gasteiger partial charge < -0.3 is 26.8 Å². The van der Waals surface area contributed by atoms with E-state index < -0.39 is 30.3 Å². The summed E-state index contributed by atoms with van der Waals surface area (Å²) in [5.74, 6) is -2.07. The Bertz CT molecular complexity index is 1100. The lowest BCUT2D eigenvalue weighted by atomic mass is 9.96. The molecule has 0 saturated carbocycles. The maximum atomic E-state index is 14.9. The average Bonchev–Trinajstić information content (AvgIpc) is 2.78. The lowest BCUT2D eigenvalue weighted by Gasteiger charge is -2.21. The van der Waals surface area contributed by atoms with Gasteiger partial charge in [0, 0.05) is 48.0 Å². The van der Waals surface area contributed by atoms with Crippen LogP contribution in [0, 0.1) is 5.82 Å². The molecular formula is C22H24FN5O3. The van der Waals surface area contributed by atoms with Gasteiger partial charge in [-0.1, -0.05) is 24.3 Å². The number of halogens is 1. The number of hydrogen-bond acceptors (Lipinski definition) is 5. The monoisotopic (exact) mass is 425 g/mol. The van der Waals surface area contributed by atoms with E-state index in [-0.39, 0.29) is 23.5 Å². The van der Waals surface area contributed by atoms with Crippen molar-refractivity contribution in [1.82, 2.24) is 15.6 Å². The maximum absolute atomic E-state index is 14.9. The number of urea groups is 1. The van der Waals surface area contributed by atoms with Crippen molar-refractivity contribution in [3.63, 3.8) is 0 Å². The molecule has 0 fully saturated rings. The third-order valence-corrected chi connectivity index (χ3v) is 4.85. The highest BCUT2D eigenvalue weighted by Crippen LogP contribution is 2.31. The van der Waals surface area contributed by atoms with Crippen LogP contribution in [0.4, 0.5) is 20.6 Å². The van der Waals surface area contributed by atoms with Crippen molar-refractivity contribution < 1.29 is 19.1 Å². The zero-order valence-electron chi connectivity index (χ0n) is 17.0. The molecule has 0 aliphatic carbocycles. The Balaban J connectivity index is 1.93. The van der Waals surface area contributed by atoms with E-state index in [0.717, 1.165) is 5.39 Å². The number of hydrogen-bond donors (Lipinski definition) is 5. The molecular weight excluding hydrogens is 401 g/mol. The lowest BCUT2D eigenvalue weighted by molar-refractivity contribution is 0.102. The van der Waals surface area contributed by atoms with E-state index in [2.05, 4.69) is 20.9 Å². The van der Waals surface area contributed by atoms with E-state index in [1.807, 2.05) is 18.2 Å². The molecule has 0 aliphatic heterocycles. The van der Waals surface area contributed by atoms with Gasteiger partial charge >= 0.3 is 6.03 Å². The van der Waals surface area contributed by atoms with Crippen molar-refractivity contribution in [3.05, 3.63) is 65.7 Å². The van der Waals surface area contributed by atoms with Gasteiger partial charge in [0.25, 0.3) is 5.91 Å². The molecule has 162 valence electrons. The fourth-order valence-corrected chi connectivity index (χ4v) is 3.30. The first-order chi connectivity index (χ1) is 15.0. The van der Waals surface area contributed by atoms with Crippen LogP contribution in [0.15, 0.2) is 48.8 Å². The number of aliphatic hydroxyl groups is 1. The number of fused-ring (bicyclic) bond motifs is 1. The lowest BCUT2D eigenvalue weighted by Crippen LogP contribution is -2.38. The second-order valence-electron chi connectivity index (χ2n) is 6.91.